The number of halogens is 3. The van der Waals surface area contributed by atoms with Crippen molar-refractivity contribution in [3.8, 4) is 0 Å². The highest BCUT2D eigenvalue weighted by Crippen LogP contribution is 2.30. The van der Waals surface area contributed by atoms with Crippen LogP contribution in [0.4, 0.5) is 24.5 Å². The number of ether oxygens (including phenoxy) is 1. The number of benzene rings is 1. The van der Waals surface area contributed by atoms with Crippen molar-refractivity contribution in [2.24, 2.45) is 0 Å². The van der Waals surface area contributed by atoms with Crippen molar-refractivity contribution >= 4 is 17.3 Å². The Balaban J connectivity index is 3.14. The van der Waals surface area contributed by atoms with E-state index in [1.165, 1.54) is 25.2 Å². The van der Waals surface area contributed by atoms with Gasteiger partial charge in [-0.1, -0.05) is 6.07 Å². The summed E-state index contributed by atoms with van der Waals surface area (Å²) < 4.78 is 42.0. The first-order chi connectivity index (χ1) is 8.76. The third-order valence-electron chi connectivity index (χ3n) is 2.36. The number of nitrogen functional groups attached to an aromatic ring is 1. The standard InChI is InChI=1S/C12H15F3N2O2/c1-3-19-11(18)8-5-4-6-9(16)10(8)17(2)7-12(13,14)15/h4-6H,3,7,16H2,1-2H3. The first-order valence-electron chi connectivity index (χ1n) is 5.59. The Hall–Kier alpha value is -1.92. The van der Waals surface area contributed by atoms with Crippen molar-refractivity contribution in [1.29, 1.82) is 0 Å². The molecule has 0 fully saturated rings. The van der Waals surface area contributed by atoms with E-state index in [9.17, 15) is 18.0 Å². The van der Waals surface area contributed by atoms with Crippen molar-refractivity contribution in [3.63, 3.8) is 0 Å². The van der Waals surface area contributed by atoms with E-state index in [-0.39, 0.29) is 23.5 Å². The van der Waals surface area contributed by atoms with Gasteiger partial charge in [-0.25, -0.2) is 4.79 Å². The Morgan fingerprint density at radius 1 is 1.42 bits per heavy atom. The van der Waals surface area contributed by atoms with E-state index in [0.29, 0.717) is 0 Å². The Morgan fingerprint density at radius 2 is 2.05 bits per heavy atom. The molecule has 0 aliphatic rings. The van der Waals surface area contributed by atoms with Crippen LogP contribution in [-0.2, 0) is 4.74 Å². The summed E-state index contributed by atoms with van der Waals surface area (Å²) in [5, 5.41) is 0. The van der Waals surface area contributed by atoms with Crippen LogP contribution in [0.3, 0.4) is 0 Å². The zero-order chi connectivity index (χ0) is 14.6. The number of nitrogens with zero attached hydrogens (tertiary/aromatic N) is 1. The maximum absolute atomic E-state index is 12.4. The van der Waals surface area contributed by atoms with Crippen LogP contribution in [0.5, 0.6) is 0 Å². The average molecular weight is 276 g/mol. The molecule has 2 N–H and O–H groups in total. The topological polar surface area (TPSA) is 55.6 Å². The lowest BCUT2D eigenvalue weighted by Crippen LogP contribution is -2.32. The van der Waals surface area contributed by atoms with Crippen LogP contribution in [0.25, 0.3) is 0 Å². The summed E-state index contributed by atoms with van der Waals surface area (Å²) in [6.45, 7) is 0.549. The van der Waals surface area contributed by atoms with E-state index in [1.807, 2.05) is 0 Å². The number of alkyl halides is 3. The molecule has 0 aliphatic carbocycles. The Kier molecular flexibility index (Phi) is 4.63. The van der Waals surface area contributed by atoms with Gasteiger partial charge in [0.1, 0.15) is 6.54 Å². The maximum atomic E-state index is 12.4. The van der Waals surface area contributed by atoms with Crippen molar-refractivity contribution in [3.05, 3.63) is 23.8 Å². The monoisotopic (exact) mass is 276 g/mol. The second kappa shape index (κ2) is 5.81. The summed E-state index contributed by atoms with van der Waals surface area (Å²) in [5.41, 5.74) is 5.80. The first kappa shape index (κ1) is 15.1. The van der Waals surface area contributed by atoms with Crippen molar-refractivity contribution in [2.45, 2.75) is 13.1 Å². The van der Waals surface area contributed by atoms with Gasteiger partial charge in [-0.2, -0.15) is 13.2 Å². The summed E-state index contributed by atoms with van der Waals surface area (Å²) in [4.78, 5) is 12.6. The normalized spacial score (nSPS) is 11.2. The molecule has 19 heavy (non-hydrogen) atoms. The molecule has 0 amide bonds. The highest BCUT2D eigenvalue weighted by Gasteiger charge is 2.31. The third-order valence-corrected chi connectivity index (χ3v) is 2.36. The molecular formula is C12H15F3N2O2. The predicted molar refractivity (Wildman–Crippen MR) is 66.1 cm³/mol. The third kappa shape index (κ3) is 4.04. The lowest BCUT2D eigenvalue weighted by atomic mass is 10.1. The number of carbonyl (C=O) groups is 1. The second-order valence-corrected chi connectivity index (χ2v) is 3.94. The summed E-state index contributed by atoms with van der Waals surface area (Å²) in [6.07, 6.45) is -4.39. The fourth-order valence-electron chi connectivity index (χ4n) is 1.71. The summed E-state index contributed by atoms with van der Waals surface area (Å²) in [7, 11) is 1.22. The number of esters is 1. The van der Waals surface area contributed by atoms with Crippen LogP contribution >= 0.6 is 0 Å². The van der Waals surface area contributed by atoms with Gasteiger partial charge in [-0.3, -0.25) is 0 Å². The molecule has 0 heterocycles. The number of hydrogen-bond donors (Lipinski definition) is 1. The fraction of sp³-hybridized carbons (Fsp3) is 0.417. The molecule has 0 radical (unpaired) electrons. The van der Waals surface area contributed by atoms with Gasteiger partial charge in [0, 0.05) is 7.05 Å². The zero-order valence-corrected chi connectivity index (χ0v) is 10.6. The van der Waals surface area contributed by atoms with Crippen LogP contribution in [0.15, 0.2) is 18.2 Å². The van der Waals surface area contributed by atoms with Gasteiger partial charge in [-0.15, -0.1) is 0 Å². The number of hydrogen-bond acceptors (Lipinski definition) is 4. The lowest BCUT2D eigenvalue weighted by Gasteiger charge is -2.24. The van der Waals surface area contributed by atoms with Crippen molar-refractivity contribution in [1.82, 2.24) is 0 Å². The van der Waals surface area contributed by atoms with E-state index in [4.69, 9.17) is 10.5 Å². The smallest absolute Gasteiger partial charge is 0.405 e. The van der Waals surface area contributed by atoms with E-state index in [1.54, 1.807) is 6.92 Å². The molecule has 1 rings (SSSR count). The second-order valence-electron chi connectivity index (χ2n) is 3.94. The molecule has 0 atom stereocenters. The molecule has 0 aliphatic heterocycles. The van der Waals surface area contributed by atoms with Crippen LogP contribution < -0.4 is 10.6 Å². The van der Waals surface area contributed by atoms with E-state index < -0.39 is 18.7 Å². The first-order valence-corrected chi connectivity index (χ1v) is 5.59. The lowest BCUT2D eigenvalue weighted by molar-refractivity contribution is -0.119. The van der Waals surface area contributed by atoms with Gasteiger partial charge in [0.25, 0.3) is 0 Å². The molecule has 0 unspecified atom stereocenters. The molecular weight excluding hydrogens is 261 g/mol. The molecule has 4 nitrogen and oxygen atoms in total. The molecule has 106 valence electrons. The minimum Gasteiger partial charge on any atom is -0.462 e. The number of para-hydroxylation sites is 1. The molecule has 0 saturated heterocycles. The van der Waals surface area contributed by atoms with Gasteiger partial charge >= 0.3 is 12.1 Å². The number of anilines is 2. The predicted octanol–water partition coefficient (Wildman–Crippen LogP) is 2.44. The number of nitrogens with two attached hydrogens (primary N) is 1. The minimum absolute atomic E-state index is 0.0219. The van der Waals surface area contributed by atoms with Crippen LogP contribution in [0.1, 0.15) is 17.3 Å². The van der Waals surface area contributed by atoms with Crippen LogP contribution in [-0.4, -0.2) is 32.3 Å². The van der Waals surface area contributed by atoms with Crippen molar-refractivity contribution in [2.75, 3.05) is 30.8 Å². The molecule has 1 aromatic rings. The Morgan fingerprint density at radius 3 is 2.58 bits per heavy atom. The Bertz CT molecular complexity index is 461. The molecule has 0 saturated carbocycles. The fourth-order valence-corrected chi connectivity index (χ4v) is 1.71. The Labute approximate surface area is 108 Å². The molecule has 7 heteroatoms. The molecule has 1 aromatic carbocycles. The molecule has 0 spiro atoms. The van der Waals surface area contributed by atoms with E-state index >= 15 is 0 Å². The molecule has 0 aromatic heterocycles. The quantitative estimate of drug-likeness (QED) is 0.678. The van der Waals surface area contributed by atoms with Crippen molar-refractivity contribution < 1.29 is 22.7 Å². The number of carbonyl (C=O) groups excluding carboxylic acids is 1. The van der Waals surface area contributed by atoms with E-state index in [0.717, 1.165) is 4.90 Å². The van der Waals surface area contributed by atoms with Crippen LogP contribution in [0.2, 0.25) is 0 Å². The summed E-state index contributed by atoms with van der Waals surface area (Å²) in [5.74, 6) is -0.696. The highest BCUT2D eigenvalue weighted by atomic mass is 19.4. The largest absolute Gasteiger partial charge is 0.462 e. The zero-order valence-electron chi connectivity index (χ0n) is 10.6. The SMILES string of the molecule is CCOC(=O)c1cccc(N)c1N(C)CC(F)(F)F. The average Bonchev–Trinajstić information content (AvgIpc) is 2.26. The van der Waals surface area contributed by atoms with E-state index in [2.05, 4.69) is 0 Å². The van der Waals surface area contributed by atoms with Gasteiger partial charge in [0.2, 0.25) is 0 Å². The molecule has 0 bridgehead atoms. The van der Waals surface area contributed by atoms with Gasteiger partial charge in [0.05, 0.1) is 23.5 Å². The number of rotatable bonds is 4. The van der Waals surface area contributed by atoms with Gasteiger partial charge < -0.3 is 15.4 Å². The maximum Gasteiger partial charge on any atom is 0.405 e. The highest BCUT2D eigenvalue weighted by molar-refractivity contribution is 5.99. The summed E-state index contributed by atoms with van der Waals surface area (Å²) >= 11 is 0. The van der Waals surface area contributed by atoms with Gasteiger partial charge in [0.15, 0.2) is 0 Å². The minimum atomic E-state index is -4.39. The van der Waals surface area contributed by atoms with Gasteiger partial charge in [-0.05, 0) is 19.1 Å². The van der Waals surface area contributed by atoms with Crippen LogP contribution in [0, 0.1) is 0 Å². The summed E-state index contributed by atoms with van der Waals surface area (Å²) in [6, 6.07) is 4.31.